The SMILES string of the molecule is CCCCCCCCCCCCc1ccc2c(c1CCCCCCCCCCCC)=NC(=O)N=2. The van der Waals surface area contributed by atoms with Crippen LogP contribution < -0.4 is 10.7 Å². The molecule has 1 aliphatic rings. The zero-order valence-corrected chi connectivity index (χ0v) is 22.5. The molecule has 0 spiro atoms. The van der Waals surface area contributed by atoms with Gasteiger partial charge in [-0.3, -0.25) is 0 Å². The minimum Gasteiger partial charge on any atom is -0.244 e. The summed E-state index contributed by atoms with van der Waals surface area (Å²) in [5.74, 6) is 0. The summed E-state index contributed by atoms with van der Waals surface area (Å²) in [5, 5.41) is 1.67. The monoisotopic (exact) mass is 468 g/mol. The van der Waals surface area contributed by atoms with Gasteiger partial charge in [-0.25, -0.2) is 4.79 Å². The van der Waals surface area contributed by atoms with Gasteiger partial charge in [0.05, 0.1) is 10.7 Å². The first-order valence-electron chi connectivity index (χ1n) is 14.9. The first kappa shape index (κ1) is 28.7. The van der Waals surface area contributed by atoms with Gasteiger partial charge in [0.25, 0.3) is 0 Å². The topological polar surface area (TPSA) is 41.8 Å². The summed E-state index contributed by atoms with van der Waals surface area (Å²) in [5.41, 5.74) is 2.71. The smallest absolute Gasteiger partial charge is 0.244 e. The predicted octanol–water partition coefficient (Wildman–Crippen LogP) is 8.99. The minimum atomic E-state index is -0.324. The van der Waals surface area contributed by atoms with E-state index in [1.54, 1.807) is 0 Å². The molecule has 0 radical (unpaired) electrons. The molecule has 0 N–H and O–H groups in total. The molecule has 3 heteroatoms. The Hall–Kier alpha value is -1.51. The molecule has 1 aromatic rings. The van der Waals surface area contributed by atoms with Crippen molar-refractivity contribution >= 4 is 6.03 Å². The van der Waals surface area contributed by atoms with Gasteiger partial charge in [0, 0.05) is 0 Å². The van der Waals surface area contributed by atoms with Gasteiger partial charge in [0.15, 0.2) is 0 Å². The van der Waals surface area contributed by atoms with Crippen LogP contribution in [-0.4, -0.2) is 6.03 Å². The minimum absolute atomic E-state index is 0.324. The quantitative estimate of drug-likeness (QED) is 0.156. The molecule has 2 amide bonds. The molecule has 2 rings (SSSR count). The normalized spacial score (nSPS) is 12.6. The fourth-order valence-electron chi connectivity index (χ4n) is 5.21. The number of hydrogen-bond donors (Lipinski definition) is 0. The number of benzene rings is 1. The molecule has 1 aliphatic heterocycles. The molecular formula is C31H52N2O. The third-order valence-corrected chi connectivity index (χ3v) is 7.36. The predicted molar refractivity (Wildman–Crippen MR) is 145 cm³/mol. The van der Waals surface area contributed by atoms with Crippen molar-refractivity contribution in [3.8, 4) is 0 Å². The number of urea groups is 1. The van der Waals surface area contributed by atoms with Gasteiger partial charge < -0.3 is 0 Å². The number of carbonyl (C=O) groups is 1. The second kappa shape index (κ2) is 18.8. The fourth-order valence-corrected chi connectivity index (χ4v) is 5.21. The van der Waals surface area contributed by atoms with Crippen LogP contribution in [0.1, 0.15) is 153 Å². The second-order valence-corrected chi connectivity index (χ2v) is 10.4. The highest BCUT2D eigenvalue weighted by Crippen LogP contribution is 2.16. The standard InChI is InChI=1S/C31H52N2O/c1-3-5-7-9-11-13-15-17-19-21-23-27-25-26-29-30(33-31(34)32-29)28(27)24-22-20-18-16-14-12-10-8-6-4-2/h25-26H,3-24H2,1-2H3. The zero-order chi connectivity index (χ0) is 24.3. The van der Waals surface area contributed by atoms with E-state index in [0.29, 0.717) is 0 Å². The summed E-state index contributed by atoms with van der Waals surface area (Å²) >= 11 is 0. The number of aryl methyl sites for hydroxylation is 1. The lowest BCUT2D eigenvalue weighted by molar-refractivity contribution is 0.256. The van der Waals surface area contributed by atoms with Crippen molar-refractivity contribution < 1.29 is 4.79 Å². The molecular weight excluding hydrogens is 416 g/mol. The second-order valence-electron chi connectivity index (χ2n) is 10.4. The Morgan fingerprint density at radius 3 is 1.47 bits per heavy atom. The Balaban J connectivity index is 1.69. The van der Waals surface area contributed by atoms with E-state index in [2.05, 4.69) is 29.9 Å². The van der Waals surface area contributed by atoms with Crippen LogP contribution in [0.25, 0.3) is 0 Å². The van der Waals surface area contributed by atoms with E-state index in [0.717, 1.165) is 23.6 Å². The van der Waals surface area contributed by atoms with E-state index < -0.39 is 0 Å². The highest BCUT2D eigenvalue weighted by Gasteiger charge is 2.13. The molecule has 0 atom stereocenters. The summed E-state index contributed by atoms with van der Waals surface area (Å²) in [4.78, 5) is 20.2. The summed E-state index contributed by atoms with van der Waals surface area (Å²) in [6.45, 7) is 4.56. The summed E-state index contributed by atoms with van der Waals surface area (Å²) < 4.78 is 0. The lowest BCUT2D eigenvalue weighted by Crippen LogP contribution is -2.27. The maximum absolute atomic E-state index is 11.8. The number of nitrogens with zero attached hydrogens (tertiary/aromatic N) is 2. The number of amides is 2. The molecule has 0 bridgehead atoms. The Kier molecular flexibility index (Phi) is 15.9. The first-order valence-corrected chi connectivity index (χ1v) is 14.9. The van der Waals surface area contributed by atoms with E-state index in [4.69, 9.17) is 0 Å². The molecule has 1 heterocycles. The molecule has 0 unspecified atom stereocenters. The molecule has 0 fully saturated rings. The highest BCUT2D eigenvalue weighted by atomic mass is 16.2. The molecule has 0 aliphatic carbocycles. The number of carbonyl (C=O) groups excluding carboxylic acids is 1. The van der Waals surface area contributed by atoms with E-state index >= 15 is 0 Å². The van der Waals surface area contributed by atoms with Gasteiger partial charge in [0.2, 0.25) is 0 Å². The van der Waals surface area contributed by atoms with Gasteiger partial charge >= 0.3 is 6.03 Å². The number of rotatable bonds is 22. The maximum atomic E-state index is 11.8. The van der Waals surface area contributed by atoms with E-state index in [1.165, 1.54) is 140 Å². The third-order valence-electron chi connectivity index (χ3n) is 7.36. The Bertz CT molecular complexity index is 798. The Morgan fingerprint density at radius 1 is 0.529 bits per heavy atom. The van der Waals surface area contributed by atoms with Crippen molar-refractivity contribution in [2.75, 3.05) is 0 Å². The van der Waals surface area contributed by atoms with E-state index in [9.17, 15) is 4.79 Å². The van der Waals surface area contributed by atoms with Crippen LogP contribution in [0, 0.1) is 0 Å². The van der Waals surface area contributed by atoms with E-state index in [-0.39, 0.29) is 6.03 Å². The summed E-state index contributed by atoms with van der Waals surface area (Å²) in [6.07, 6.45) is 29.3. The average molecular weight is 469 g/mol. The van der Waals surface area contributed by atoms with Crippen molar-refractivity contribution in [3.63, 3.8) is 0 Å². The largest absolute Gasteiger partial charge is 0.368 e. The molecule has 0 saturated heterocycles. The van der Waals surface area contributed by atoms with Crippen LogP contribution in [-0.2, 0) is 12.8 Å². The van der Waals surface area contributed by atoms with Crippen molar-refractivity contribution in [2.24, 2.45) is 9.98 Å². The van der Waals surface area contributed by atoms with Crippen molar-refractivity contribution in [1.82, 2.24) is 0 Å². The summed E-state index contributed by atoms with van der Waals surface area (Å²) in [7, 11) is 0. The Labute approximate surface area is 210 Å². The maximum Gasteiger partial charge on any atom is 0.368 e. The van der Waals surface area contributed by atoms with Gasteiger partial charge in [-0.15, -0.1) is 0 Å². The van der Waals surface area contributed by atoms with Crippen LogP contribution in [0.15, 0.2) is 22.1 Å². The molecule has 0 saturated carbocycles. The van der Waals surface area contributed by atoms with Gasteiger partial charge in [0.1, 0.15) is 0 Å². The van der Waals surface area contributed by atoms with E-state index in [1.807, 2.05) is 6.07 Å². The average Bonchev–Trinajstić information content (AvgIpc) is 3.22. The molecule has 34 heavy (non-hydrogen) atoms. The van der Waals surface area contributed by atoms with Crippen LogP contribution in [0.3, 0.4) is 0 Å². The number of hydrogen-bond acceptors (Lipinski definition) is 1. The Morgan fingerprint density at radius 2 is 0.971 bits per heavy atom. The molecule has 1 aromatic carbocycles. The highest BCUT2D eigenvalue weighted by molar-refractivity contribution is 5.77. The summed E-state index contributed by atoms with van der Waals surface area (Å²) in [6, 6.07) is 3.91. The van der Waals surface area contributed by atoms with Gasteiger partial charge in [-0.2, -0.15) is 9.98 Å². The zero-order valence-electron chi connectivity index (χ0n) is 22.5. The third kappa shape index (κ3) is 11.8. The molecule has 3 nitrogen and oxygen atoms in total. The lowest BCUT2D eigenvalue weighted by atomic mass is 9.95. The molecule has 192 valence electrons. The first-order chi connectivity index (χ1) is 16.8. The van der Waals surface area contributed by atoms with Gasteiger partial charge in [-0.05, 0) is 42.9 Å². The number of unbranched alkanes of at least 4 members (excludes halogenated alkanes) is 18. The van der Waals surface area contributed by atoms with Crippen molar-refractivity contribution in [2.45, 2.75) is 155 Å². The van der Waals surface area contributed by atoms with Crippen molar-refractivity contribution in [3.05, 3.63) is 34.0 Å². The van der Waals surface area contributed by atoms with Crippen LogP contribution in [0.5, 0.6) is 0 Å². The van der Waals surface area contributed by atoms with Crippen molar-refractivity contribution in [1.29, 1.82) is 0 Å². The van der Waals surface area contributed by atoms with Crippen LogP contribution >= 0.6 is 0 Å². The van der Waals surface area contributed by atoms with Crippen LogP contribution in [0.2, 0.25) is 0 Å². The molecule has 0 aromatic heterocycles. The van der Waals surface area contributed by atoms with Gasteiger partial charge in [-0.1, -0.05) is 135 Å². The lowest BCUT2D eigenvalue weighted by Gasteiger charge is -2.10. The fraction of sp³-hybridized carbons (Fsp3) is 0.774. The number of fused-ring (bicyclic) bond motifs is 1. The van der Waals surface area contributed by atoms with Crippen LogP contribution in [0.4, 0.5) is 4.79 Å².